The zero-order valence-corrected chi connectivity index (χ0v) is 15.2. The highest BCUT2D eigenvalue weighted by molar-refractivity contribution is 9.10. The first kappa shape index (κ1) is 16.2. The Balaban J connectivity index is 1.56. The molecule has 4 rings (SSSR count). The number of H-pyrrole nitrogens is 1. The molecule has 0 unspecified atom stereocenters. The van der Waals surface area contributed by atoms with Crippen LogP contribution in [0.4, 0.5) is 11.4 Å². The average Bonchev–Trinajstić information content (AvgIpc) is 2.95. The van der Waals surface area contributed by atoms with E-state index in [0.717, 1.165) is 47.4 Å². The standard InChI is InChI=1S/C19H18BrN3O2/c20-13-1-6-16-17(19(24)22-18(16)11-13)12-21-14-2-4-15(5-3-14)23-7-9-25-10-8-23/h1-6,11-12,22,24H,7-10H2. The van der Waals surface area contributed by atoms with E-state index >= 15 is 0 Å². The van der Waals surface area contributed by atoms with Crippen molar-refractivity contribution in [3.05, 3.63) is 52.5 Å². The van der Waals surface area contributed by atoms with Gasteiger partial charge in [-0.2, -0.15) is 0 Å². The van der Waals surface area contributed by atoms with Crippen LogP contribution in [0.25, 0.3) is 10.9 Å². The molecule has 128 valence electrons. The number of morpholine rings is 1. The summed E-state index contributed by atoms with van der Waals surface area (Å²) in [5.41, 5.74) is 3.60. The summed E-state index contributed by atoms with van der Waals surface area (Å²) in [5, 5.41) is 11.1. The van der Waals surface area contributed by atoms with Gasteiger partial charge in [0.1, 0.15) is 0 Å². The molecule has 1 aliphatic rings. The quantitative estimate of drug-likeness (QED) is 0.648. The molecular weight excluding hydrogens is 382 g/mol. The Morgan fingerprint density at radius 1 is 1.12 bits per heavy atom. The maximum absolute atomic E-state index is 10.1. The molecule has 0 spiro atoms. The number of hydrogen-bond donors (Lipinski definition) is 2. The number of aromatic hydroxyl groups is 1. The topological polar surface area (TPSA) is 60.8 Å². The van der Waals surface area contributed by atoms with Gasteiger partial charge in [-0.05, 0) is 36.4 Å². The van der Waals surface area contributed by atoms with Gasteiger partial charge in [0.05, 0.1) is 30.0 Å². The van der Waals surface area contributed by atoms with E-state index in [1.54, 1.807) is 6.21 Å². The van der Waals surface area contributed by atoms with Crippen molar-refractivity contribution in [2.45, 2.75) is 0 Å². The van der Waals surface area contributed by atoms with Crippen LogP contribution in [-0.2, 0) is 4.74 Å². The van der Waals surface area contributed by atoms with Crippen molar-refractivity contribution in [1.29, 1.82) is 0 Å². The van der Waals surface area contributed by atoms with Crippen LogP contribution < -0.4 is 4.90 Å². The molecule has 3 aromatic rings. The molecule has 25 heavy (non-hydrogen) atoms. The third-order valence-corrected chi connectivity index (χ3v) is 4.84. The molecule has 0 bridgehead atoms. The summed E-state index contributed by atoms with van der Waals surface area (Å²) in [6.45, 7) is 3.38. The van der Waals surface area contributed by atoms with Crippen LogP contribution in [0.1, 0.15) is 5.56 Å². The van der Waals surface area contributed by atoms with Crippen LogP contribution in [0.5, 0.6) is 5.88 Å². The van der Waals surface area contributed by atoms with Gasteiger partial charge in [-0.3, -0.25) is 4.99 Å². The number of halogens is 1. The van der Waals surface area contributed by atoms with Crippen molar-refractivity contribution >= 4 is 44.4 Å². The molecule has 6 heteroatoms. The van der Waals surface area contributed by atoms with E-state index in [4.69, 9.17) is 4.74 Å². The van der Waals surface area contributed by atoms with E-state index in [9.17, 15) is 5.11 Å². The fourth-order valence-corrected chi connectivity index (χ4v) is 3.38. The lowest BCUT2D eigenvalue weighted by molar-refractivity contribution is 0.122. The van der Waals surface area contributed by atoms with Gasteiger partial charge in [0, 0.05) is 34.9 Å². The second kappa shape index (κ2) is 6.90. The highest BCUT2D eigenvalue weighted by atomic mass is 79.9. The Morgan fingerprint density at radius 3 is 2.64 bits per heavy atom. The number of hydrogen-bond acceptors (Lipinski definition) is 4. The van der Waals surface area contributed by atoms with E-state index in [-0.39, 0.29) is 5.88 Å². The van der Waals surface area contributed by atoms with Gasteiger partial charge in [0.15, 0.2) is 5.88 Å². The number of benzene rings is 2. The second-order valence-corrected chi connectivity index (χ2v) is 6.87. The molecule has 2 aromatic carbocycles. The van der Waals surface area contributed by atoms with Crippen molar-refractivity contribution in [3.8, 4) is 5.88 Å². The lowest BCUT2D eigenvalue weighted by Gasteiger charge is -2.28. The molecule has 1 aliphatic heterocycles. The predicted molar refractivity (Wildman–Crippen MR) is 104 cm³/mol. The molecule has 0 saturated carbocycles. The maximum atomic E-state index is 10.1. The highest BCUT2D eigenvalue weighted by Crippen LogP contribution is 2.29. The van der Waals surface area contributed by atoms with Crippen molar-refractivity contribution in [2.75, 3.05) is 31.2 Å². The normalized spacial score (nSPS) is 15.3. The molecule has 2 N–H and O–H groups in total. The molecule has 1 saturated heterocycles. The Kier molecular flexibility index (Phi) is 4.46. The minimum Gasteiger partial charge on any atom is -0.494 e. The number of anilines is 1. The molecule has 1 aromatic heterocycles. The van der Waals surface area contributed by atoms with Crippen LogP contribution in [0.15, 0.2) is 51.9 Å². The number of nitrogens with one attached hydrogen (secondary N) is 1. The molecule has 0 aliphatic carbocycles. The summed E-state index contributed by atoms with van der Waals surface area (Å²) in [6.07, 6.45) is 1.70. The lowest BCUT2D eigenvalue weighted by atomic mass is 10.2. The van der Waals surface area contributed by atoms with E-state index in [0.29, 0.717) is 5.56 Å². The minimum absolute atomic E-state index is 0.127. The fourth-order valence-electron chi connectivity index (χ4n) is 3.02. The van der Waals surface area contributed by atoms with Crippen LogP contribution >= 0.6 is 15.9 Å². The van der Waals surface area contributed by atoms with E-state index in [2.05, 4.69) is 42.9 Å². The van der Waals surface area contributed by atoms with Gasteiger partial charge in [-0.25, -0.2) is 0 Å². The number of aromatic amines is 1. The maximum Gasteiger partial charge on any atom is 0.198 e. The van der Waals surface area contributed by atoms with Crippen LogP contribution in [0.3, 0.4) is 0 Å². The first-order valence-corrected chi connectivity index (χ1v) is 8.97. The van der Waals surface area contributed by atoms with Gasteiger partial charge in [0.25, 0.3) is 0 Å². The van der Waals surface area contributed by atoms with Crippen LogP contribution in [-0.4, -0.2) is 42.6 Å². The van der Waals surface area contributed by atoms with Crippen molar-refractivity contribution in [2.24, 2.45) is 4.99 Å². The minimum atomic E-state index is 0.127. The zero-order valence-electron chi connectivity index (χ0n) is 13.6. The van der Waals surface area contributed by atoms with Gasteiger partial charge in [-0.1, -0.05) is 22.0 Å². The lowest BCUT2D eigenvalue weighted by Crippen LogP contribution is -2.36. The molecule has 0 amide bonds. The van der Waals surface area contributed by atoms with E-state index in [1.807, 2.05) is 30.3 Å². The average molecular weight is 400 g/mol. The van der Waals surface area contributed by atoms with E-state index in [1.165, 1.54) is 5.69 Å². The van der Waals surface area contributed by atoms with E-state index < -0.39 is 0 Å². The Bertz CT molecular complexity index is 912. The van der Waals surface area contributed by atoms with Gasteiger partial charge in [0.2, 0.25) is 0 Å². The summed E-state index contributed by atoms with van der Waals surface area (Å²) in [7, 11) is 0. The van der Waals surface area contributed by atoms with Crippen molar-refractivity contribution in [1.82, 2.24) is 4.98 Å². The molecule has 0 radical (unpaired) electrons. The molecule has 0 atom stereocenters. The number of aliphatic imine (C=N–C) groups is 1. The summed E-state index contributed by atoms with van der Waals surface area (Å²) >= 11 is 3.43. The molecule has 2 heterocycles. The third-order valence-electron chi connectivity index (χ3n) is 4.35. The number of nitrogens with zero attached hydrogens (tertiary/aromatic N) is 2. The largest absolute Gasteiger partial charge is 0.494 e. The van der Waals surface area contributed by atoms with Crippen molar-refractivity contribution < 1.29 is 9.84 Å². The monoisotopic (exact) mass is 399 g/mol. The summed E-state index contributed by atoms with van der Waals surface area (Å²) < 4.78 is 6.35. The predicted octanol–water partition coefficient (Wildman–Crippen LogP) is 4.22. The first-order valence-electron chi connectivity index (χ1n) is 8.18. The Morgan fingerprint density at radius 2 is 1.88 bits per heavy atom. The van der Waals surface area contributed by atoms with Crippen molar-refractivity contribution in [3.63, 3.8) is 0 Å². The first-order chi connectivity index (χ1) is 12.2. The number of fused-ring (bicyclic) bond motifs is 1. The second-order valence-electron chi connectivity index (χ2n) is 5.95. The summed E-state index contributed by atoms with van der Waals surface area (Å²) in [6, 6.07) is 14.0. The van der Waals surface area contributed by atoms with Gasteiger partial charge < -0.3 is 19.7 Å². The number of aromatic nitrogens is 1. The summed E-state index contributed by atoms with van der Waals surface area (Å²) in [5.74, 6) is 0.127. The molecular formula is C19H18BrN3O2. The number of ether oxygens (including phenoxy) is 1. The SMILES string of the molecule is Oc1[nH]c2cc(Br)ccc2c1C=Nc1ccc(N2CCOCC2)cc1. The zero-order chi connectivity index (χ0) is 17.2. The summed E-state index contributed by atoms with van der Waals surface area (Å²) in [4.78, 5) is 9.79. The third kappa shape index (κ3) is 3.41. The van der Waals surface area contributed by atoms with Crippen LogP contribution in [0, 0.1) is 0 Å². The molecule has 1 fully saturated rings. The molecule has 5 nitrogen and oxygen atoms in total. The highest BCUT2D eigenvalue weighted by Gasteiger charge is 2.11. The van der Waals surface area contributed by atoms with Gasteiger partial charge in [-0.15, -0.1) is 0 Å². The number of rotatable bonds is 3. The Labute approximate surface area is 154 Å². The van der Waals surface area contributed by atoms with Crippen LogP contribution in [0.2, 0.25) is 0 Å². The van der Waals surface area contributed by atoms with Gasteiger partial charge >= 0.3 is 0 Å². The fraction of sp³-hybridized carbons (Fsp3) is 0.211. The Hall–Kier alpha value is -2.31. The smallest absolute Gasteiger partial charge is 0.198 e.